The minimum absolute atomic E-state index is 0.326. The summed E-state index contributed by atoms with van der Waals surface area (Å²) >= 11 is 11.2. The lowest BCUT2D eigenvalue weighted by molar-refractivity contribution is 0.0622. The van der Waals surface area contributed by atoms with Gasteiger partial charge in [-0.25, -0.2) is 0 Å². The van der Waals surface area contributed by atoms with Gasteiger partial charge in [0.15, 0.2) is 0 Å². The normalized spacial score (nSPS) is 18.0. The quantitative estimate of drug-likeness (QED) is 0.838. The maximum Gasteiger partial charge on any atom is 0.107 e. The van der Waals surface area contributed by atoms with Gasteiger partial charge in [0, 0.05) is 24.9 Å². The van der Waals surface area contributed by atoms with Crippen LogP contribution in [0, 0.1) is 5.92 Å². The van der Waals surface area contributed by atoms with Crippen LogP contribution < -0.4 is 11.1 Å². The van der Waals surface area contributed by atoms with Crippen LogP contribution in [0.25, 0.3) is 0 Å². The molecule has 19 heavy (non-hydrogen) atoms. The summed E-state index contributed by atoms with van der Waals surface area (Å²) in [5, 5.41) is 4.09. The standard InChI is InChI=1S/C14H19ClN2OS/c1-9(10-5-7-18-8-6-10)17-12-4-2-3-11(15)13(12)14(16)19/h2-4,9-10,17H,5-8H2,1H3,(H2,16,19). The number of nitrogens with one attached hydrogen (secondary N) is 1. The van der Waals surface area contributed by atoms with Crippen LogP contribution in [-0.4, -0.2) is 24.2 Å². The molecule has 1 saturated heterocycles. The highest BCUT2D eigenvalue weighted by Crippen LogP contribution is 2.27. The number of benzene rings is 1. The molecular formula is C14H19ClN2OS. The first-order chi connectivity index (χ1) is 9.09. The molecule has 1 aromatic rings. The molecule has 0 bridgehead atoms. The fourth-order valence-electron chi connectivity index (χ4n) is 2.47. The molecular weight excluding hydrogens is 280 g/mol. The highest BCUT2D eigenvalue weighted by Gasteiger charge is 2.21. The second-order valence-electron chi connectivity index (χ2n) is 4.91. The number of thiocarbonyl (C=S) groups is 1. The Balaban J connectivity index is 2.14. The summed E-state index contributed by atoms with van der Waals surface area (Å²) in [6, 6.07) is 6.02. The number of anilines is 1. The Kier molecular flexibility index (Phi) is 5.02. The van der Waals surface area contributed by atoms with Crippen molar-refractivity contribution in [1.82, 2.24) is 0 Å². The summed E-state index contributed by atoms with van der Waals surface area (Å²) in [5.41, 5.74) is 7.41. The van der Waals surface area contributed by atoms with E-state index in [2.05, 4.69) is 12.2 Å². The summed E-state index contributed by atoms with van der Waals surface area (Å²) in [5.74, 6) is 0.604. The first kappa shape index (κ1) is 14.6. The number of halogens is 1. The van der Waals surface area contributed by atoms with Crippen molar-refractivity contribution in [3.63, 3.8) is 0 Å². The lowest BCUT2D eigenvalue weighted by atomic mass is 9.92. The molecule has 1 aromatic carbocycles. The van der Waals surface area contributed by atoms with Crippen molar-refractivity contribution >= 4 is 34.5 Å². The molecule has 0 aromatic heterocycles. The molecule has 3 N–H and O–H groups in total. The van der Waals surface area contributed by atoms with Crippen LogP contribution in [0.2, 0.25) is 5.02 Å². The summed E-state index contributed by atoms with van der Waals surface area (Å²) in [6.45, 7) is 3.86. The topological polar surface area (TPSA) is 47.3 Å². The Labute approximate surface area is 124 Å². The molecule has 1 aliphatic heterocycles. The van der Waals surface area contributed by atoms with E-state index < -0.39 is 0 Å². The summed E-state index contributed by atoms with van der Waals surface area (Å²) in [7, 11) is 0. The molecule has 0 spiro atoms. The van der Waals surface area contributed by atoms with Crippen LogP contribution in [0.3, 0.4) is 0 Å². The van der Waals surface area contributed by atoms with Gasteiger partial charge in [-0.2, -0.15) is 0 Å². The number of hydrogen-bond donors (Lipinski definition) is 2. The smallest absolute Gasteiger partial charge is 0.107 e. The van der Waals surface area contributed by atoms with Crippen LogP contribution in [0.5, 0.6) is 0 Å². The van der Waals surface area contributed by atoms with Crippen molar-refractivity contribution in [2.75, 3.05) is 18.5 Å². The zero-order valence-electron chi connectivity index (χ0n) is 11.0. The summed E-state index contributed by atoms with van der Waals surface area (Å²) in [4.78, 5) is 0.326. The van der Waals surface area contributed by atoms with E-state index in [-0.39, 0.29) is 0 Å². The Morgan fingerprint density at radius 1 is 1.47 bits per heavy atom. The summed E-state index contributed by atoms with van der Waals surface area (Å²) in [6.07, 6.45) is 2.16. The lowest BCUT2D eigenvalue weighted by Gasteiger charge is -2.29. The zero-order valence-corrected chi connectivity index (χ0v) is 12.6. The Bertz CT molecular complexity index is 461. The third-order valence-corrected chi connectivity index (χ3v) is 4.14. The predicted octanol–water partition coefficient (Wildman–Crippen LogP) is 3.20. The van der Waals surface area contributed by atoms with Crippen LogP contribution in [0.1, 0.15) is 25.3 Å². The van der Waals surface area contributed by atoms with Gasteiger partial charge in [0.2, 0.25) is 0 Å². The van der Waals surface area contributed by atoms with E-state index in [0.717, 1.165) is 37.3 Å². The SMILES string of the molecule is CC(Nc1cccc(Cl)c1C(N)=S)C1CCOCC1. The van der Waals surface area contributed by atoms with Crippen molar-refractivity contribution in [2.45, 2.75) is 25.8 Å². The van der Waals surface area contributed by atoms with Gasteiger partial charge in [0.05, 0.1) is 10.6 Å². The molecule has 1 heterocycles. The largest absolute Gasteiger partial charge is 0.389 e. The fourth-order valence-corrected chi connectivity index (χ4v) is 3.03. The average molecular weight is 299 g/mol. The van der Waals surface area contributed by atoms with Gasteiger partial charge in [-0.15, -0.1) is 0 Å². The highest BCUT2D eigenvalue weighted by atomic mass is 35.5. The second-order valence-corrected chi connectivity index (χ2v) is 5.76. The molecule has 0 amide bonds. The summed E-state index contributed by atoms with van der Waals surface area (Å²) < 4.78 is 5.39. The number of hydrogen-bond acceptors (Lipinski definition) is 3. The molecule has 1 atom stereocenters. The average Bonchev–Trinajstić information content (AvgIpc) is 2.39. The van der Waals surface area contributed by atoms with E-state index in [1.54, 1.807) is 6.07 Å². The third kappa shape index (κ3) is 3.59. The van der Waals surface area contributed by atoms with Crippen molar-refractivity contribution in [3.8, 4) is 0 Å². The number of ether oxygens (including phenoxy) is 1. The molecule has 2 rings (SSSR count). The molecule has 3 nitrogen and oxygen atoms in total. The third-order valence-electron chi connectivity index (χ3n) is 3.62. The first-order valence-electron chi connectivity index (χ1n) is 6.52. The van der Waals surface area contributed by atoms with Crippen molar-refractivity contribution in [1.29, 1.82) is 0 Å². The Morgan fingerprint density at radius 2 is 2.16 bits per heavy atom. The molecule has 1 aliphatic rings. The van der Waals surface area contributed by atoms with Crippen LogP contribution in [0.15, 0.2) is 18.2 Å². The molecule has 104 valence electrons. The van der Waals surface area contributed by atoms with Crippen LogP contribution in [-0.2, 0) is 4.74 Å². The monoisotopic (exact) mass is 298 g/mol. The van der Waals surface area contributed by atoms with E-state index in [1.165, 1.54) is 0 Å². The van der Waals surface area contributed by atoms with E-state index >= 15 is 0 Å². The molecule has 0 saturated carbocycles. The zero-order chi connectivity index (χ0) is 13.8. The number of rotatable bonds is 4. The Hall–Kier alpha value is -0.840. The molecule has 5 heteroatoms. The van der Waals surface area contributed by atoms with Crippen LogP contribution >= 0.6 is 23.8 Å². The minimum Gasteiger partial charge on any atom is -0.389 e. The first-order valence-corrected chi connectivity index (χ1v) is 7.31. The fraction of sp³-hybridized carbons (Fsp3) is 0.500. The van der Waals surface area contributed by atoms with Gasteiger partial charge < -0.3 is 15.8 Å². The Morgan fingerprint density at radius 3 is 2.79 bits per heavy atom. The van der Waals surface area contributed by atoms with Gasteiger partial charge in [0.25, 0.3) is 0 Å². The lowest BCUT2D eigenvalue weighted by Crippen LogP contribution is -2.31. The van der Waals surface area contributed by atoms with Gasteiger partial charge in [-0.3, -0.25) is 0 Å². The van der Waals surface area contributed by atoms with E-state index in [9.17, 15) is 0 Å². The van der Waals surface area contributed by atoms with Gasteiger partial charge in [-0.1, -0.05) is 29.9 Å². The van der Waals surface area contributed by atoms with Crippen molar-refractivity contribution in [2.24, 2.45) is 11.7 Å². The number of nitrogens with two attached hydrogens (primary N) is 1. The van der Waals surface area contributed by atoms with Gasteiger partial charge in [-0.05, 0) is 37.8 Å². The molecule has 0 aliphatic carbocycles. The van der Waals surface area contributed by atoms with Crippen molar-refractivity contribution < 1.29 is 4.74 Å². The molecule has 1 fully saturated rings. The van der Waals surface area contributed by atoms with E-state index in [0.29, 0.717) is 22.0 Å². The predicted molar refractivity (Wildman–Crippen MR) is 84.0 cm³/mol. The van der Waals surface area contributed by atoms with Gasteiger partial charge >= 0.3 is 0 Å². The van der Waals surface area contributed by atoms with Crippen LogP contribution in [0.4, 0.5) is 5.69 Å². The van der Waals surface area contributed by atoms with E-state index in [4.69, 9.17) is 34.3 Å². The highest BCUT2D eigenvalue weighted by molar-refractivity contribution is 7.80. The maximum atomic E-state index is 6.17. The van der Waals surface area contributed by atoms with Gasteiger partial charge in [0.1, 0.15) is 4.99 Å². The van der Waals surface area contributed by atoms with Crippen molar-refractivity contribution in [3.05, 3.63) is 28.8 Å². The maximum absolute atomic E-state index is 6.17. The second kappa shape index (κ2) is 6.55. The minimum atomic E-state index is 0.326. The van der Waals surface area contributed by atoms with E-state index in [1.807, 2.05) is 12.1 Å². The molecule has 0 radical (unpaired) electrons. The molecule has 1 unspecified atom stereocenters.